The molecule has 0 saturated carbocycles. The van der Waals surface area contributed by atoms with Gasteiger partial charge in [0.1, 0.15) is 19.3 Å². The average molecular weight is 629 g/mol. The number of esters is 1. The second kappa shape index (κ2) is 28.0. The highest BCUT2D eigenvalue weighted by Crippen LogP contribution is 2.43. The van der Waals surface area contributed by atoms with Gasteiger partial charge in [-0.3, -0.25) is 13.8 Å². The standard InChI is InChI=1S/C34H62NO7P/c1-6-7-8-9-10-11-12-13-14-15-16-17-18-19-20-21-22-23-24-25-26-27-29-39-31-34(42-33(2)36)32-41-43(37,38)40-30-28-35(3,4)5/h7-8,10-11,13-14,16-17,34H,6,9,12,15,18-32H2,1-5H3/p+1/b8-7-,11-10-,14-13-,17-16-. The zero-order valence-electron chi connectivity index (χ0n) is 27.9. The van der Waals surface area contributed by atoms with Gasteiger partial charge < -0.3 is 18.9 Å². The third-order valence-corrected chi connectivity index (χ3v) is 7.44. The van der Waals surface area contributed by atoms with E-state index in [1.807, 2.05) is 21.1 Å². The molecule has 0 aliphatic heterocycles. The molecule has 0 aromatic carbocycles. The fraction of sp³-hybridized carbons (Fsp3) is 0.735. The molecule has 0 aliphatic rings. The molecule has 0 heterocycles. The number of hydrogen-bond donors (Lipinski definition) is 1. The summed E-state index contributed by atoms with van der Waals surface area (Å²) in [4.78, 5) is 21.3. The van der Waals surface area contributed by atoms with E-state index in [0.717, 1.165) is 38.5 Å². The minimum atomic E-state index is -4.22. The number of unbranched alkanes of at least 4 members (excludes halogenated alkanes) is 9. The minimum absolute atomic E-state index is 0.0820. The predicted molar refractivity (Wildman–Crippen MR) is 178 cm³/mol. The maximum atomic E-state index is 12.1. The van der Waals surface area contributed by atoms with Crippen molar-refractivity contribution in [1.29, 1.82) is 0 Å². The van der Waals surface area contributed by atoms with Crippen LogP contribution in [0.4, 0.5) is 0 Å². The van der Waals surface area contributed by atoms with Gasteiger partial charge in [-0.2, -0.15) is 0 Å². The summed E-state index contributed by atoms with van der Waals surface area (Å²) in [6, 6.07) is 0. The Morgan fingerprint density at radius 3 is 1.77 bits per heavy atom. The van der Waals surface area contributed by atoms with E-state index in [-0.39, 0.29) is 19.8 Å². The molecule has 2 atom stereocenters. The molecular formula is C34H63NO7P+. The van der Waals surface area contributed by atoms with Gasteiger partial charge in [-0.25, -0.2) is 4.57 Å². The van der Waals surface area contributed by atoms with Gasteiger partial charge in [0.25, 0.3) is 0 Å². The molecule has 2 unspecified atom stereocenters. The smallest absolute Gasteiger partial charge is 0.458 e. The number of allylic oxidation sites excluding steroid dienone is 8. The van der Waals surface area contributed by atoms with Crippen molar-refractivity contribution in [1.82, 2.24) is 0 Å². The molecule has 0 saturated heterocycles. The molecule has 250 valence electrons. The fourth-order valence-corrected chi connectivity index (χ4v) is 4.75. The largest absolute Gasteiger partial charge is 0.472 e. The SMILES string of the molecule is CC/C=C\C/C=C\C/C=C\C/C=C\CCCCCCCCCCCOCC(COP(=O)(O)OCC[N+](C)(C)C)OC(C)=O. The number of likely N-dealkylation sites (N-methyl/N-ethyl adjacent to an activating group) is 1. The second-order valence-electron chi connectivity index (χ2n) is 11.9. The van der Waals surface area contributed by atoms with Crippen LogP contribution in [0.1, 0.15) is 104 Å². The van der Waals surface area contributed by atoms with Crippen LogP contribution in [0.25, 0.3) is 0 Å². The van der Waals surface area contributed by atoms with Gasteiger partial charge in [-0.05, 0) is 44.9 Å². The van der Waals surface area contributed by atoms with Crippen LogP contribution >= 0.6 is 7.82 Å². The molecule has 0 aromatic rings. The Labute approximate surface area is 263 Å². The van der Waals surface area contributed by atoms with Gasteiger partial charge in [0.05, 0.1) is 34.4 Å². The first-order valence-electron chi connectivity index (χ1n) is 16.3. The van der Waals surface area contributed by atoms with Crippen molar-refractivity contribution in [3.05, 3.63) is 48.6 Å². The van der Waals surface area contributed by atoms with E-state index in [2.05, 4.69) is 55.5 Å². The average Bonchev–Trinajstić information content (AvgIpc) is 2.93. The predicted octanol–water partition coefficient (Wildman–Crippen LogP) is 8.48. The Morgan fingerprint density at radius 1 is 0.721 bits per heavy atom. The molecule has 0 rings (SSSR count). The summed E-state index contributed by atoms with van der Waals surface area (Å²) >= 11 is 0. The Balaban J connectivity index is 3.71. The van der Waals surface area contributed by atoms with E-state index in [4.69, 9.17) is 18.5 Å². The topological polar surface area (TPSA) is 91.3 Å². The minimum Gasteiger partial charge on any atom is -0.458 e. The van der Waals surface area contributed by atoms with E-state index < -0.39 is 19.9 Å². The van der Waals surface area contributed by atoms with Gasteiger partial charge in [0.15, 0.2) is 0 Å². The van der Waals surface area contributed by atoms with Crippen molar-refractivity contribution in [3.63, 3.8) is 0 Å². The van der Waals surface area contributed by atoms with Crippen LogP contribution in [0.3, 0.4) is 0 Å². The number of phosphoric ester groups is 1. The number of quaternary nitrogens is 1. The number of nitrogens with zero attached hydrogens (tertiary/aromatic N) is 1. The zero-order valence-corrected chi connectivity index (χ0v) is 28.8. The number of carbonyl (C=O) groups is 1. The van der Waals surface area contributed by atoms with Crippen LogP contribution in [-0.4, -0.2) is 75.6 Å². The third kappa shape index (κ3) is 33.2. The van der Waals surface area contributed by atoms with Gasteiger partial charge in [0, 0.05) is 13.5 Å². The molecule has 1 N–H and O–H groups in total. The highest BCUT2D eigenvalue weighted by Gasteiger charge is 2.25. The summed E-state index contributed by atoms with van der Waals surface area (Å²) in [5.74, 6) is -0.495. The van der Waals surface area contributed by atoms with Crippen LogP contribution in [0.5, 0.6) is 0 Å². The Morgan fingerprint density at radius 2 is 1.23 bits per heavy atom. The van der Waals surface area contributed by atoms with Gasteiger partial charge in [0.2, 0.25) is 0 Å². The molecule has 0 radical (unpaired) electrons. The summed E-state index contributed by atoms with van der Waals surface area (Å²) in [5.41, 5.74) is 0. The quantitative estimate of drug-likeness (QED) is 0.0292. The van der Waals surface area contributed by atoms with Gasteiger partial charge in [-0.15, -0.1) is 0 Å². The highest BCUT2D eigenvalue weighted by molar-refractivity contribution is 7.47. The molecule has 8 nitrogen and oxygen atoms in total. The van der Waals surface area contributed by atoms with Crippen molar-refractivity contribution < 1.29 is 37.3 Å². The summed E-state index contributed by atoms with van der Waals surface area (Å²) in [6.45, 7) is 4.47. The van der Waals surface area contributed by atoms with E-state index in [1.54, 1.807) is 0 Å². The molecule has 0 bridgehead atoms. The Bertz CT molecular complexity index is 833. The summed E-state index contributed by atoms with van der Waals surface area (Å²) in [7, 11) is 1.64. The van der Waals surface area contributed by atoms with E-state index in [0.29, 0.717) is 17.6 Å². The Kier molecular flexibility index (Phi) is 27.0. The van der Waals surface area contributed by atoms with Crippen molar-refractivity contribution in [2.45, 2.75) is 110 Å². The number of rotatable bonds is 29. The molecule has 0 aliphatic carbocycles. The first kappa shape index (κ1) is 41.5. The summed E-state index contributed by atoms with van der Waals surface area (Å²) in [6.07, 6.45) is 33.4. The highest BCUT2D eigenvalue weighted by atomic mass is 31.2. The number of hydrogen-bond acceptors (Lipinski definition) is 6. The lowest BCUT2D eigenvalue weighted by molar-refractivity contribution is -0.870. The van der Waals surface area contributed by atoms with Crippen molar-refractivity contribution >= 4 is 13.8 Å². The third-order valence-electron chi connectivity index (χ3n) is 6.45. The first-order valence-corrected chi connectivity index (χ1v) is 17.8. The van der Waals surface area contributed by atoms with E-state index >= 15 is 0 Å². The van der Waals surface area contributed by atoms with Crippen LogP contribution in [0.15, 0.2) is 48.6 Å². The summed E-state index contributed by atoms with van der Waals surface area (Å²) in [5, 5.41) is 0. The number of carbonyl (C=O) groups excluding carboxylic acids is 1. The lowest BCUT2D eigenvalue weighted by atomic mass is 10.1. The normalized spacial score (nSPS) is 14.8. The maximum Gasteiger partial charge on any atom is 0.472 e. The molecule has 0 fully saturated rings. The lowest BCUT2D eigenvalue weighted by Crippen LogP contribution is -2.37. The van der Waals surface area contributed by atoms with Crippen LogP contribution in [-0.2, 0) is 27.9 Å². The van der Waals surface area contributed by atoms with E-state index in [1.165, 1.54) is 58.3 Å². The van der Waals surface area contributed by atoms with E-state index in [9.17, 15) is 14.3 Å². The molecule has 9 heteroatoms. The lowest BCUT2D eigenvalue weighted by Gasteiger charge is -2.24. The molecular weight excluding hydrogens is 565 g/mol. The van der Waals surface area contributed by atoms with Crippen LogP contribution in [0, 0.1) is 0 Å². The van der Waals surface area contributed by atoms with Crippen LogP contribution < -0.4 is 0 Å². The molecule has 0 spiro atoms. The number of phosphoric acid groups is 1. The van der Waals surface area contributed by atoms with Crippen molar-refractivity contribution in [3.8, 4) is 0 Å². The first-order chi connectivity index (χ1) is 20.6. The molecule has 43 heavy (non-hydrogen) atoms. The van der Waals surface area contributed by atoms with Crippen LogP contribution in [0.2, 0.25) is 0 Å². The van der Waals surface area contributed by atoms with Crippen molar-refractivity contribution in [2.24, 2.45) is 0 Å². The molecule has 0 amide bonds. The maximum absolute atomic E-state index is 12.1. The zero-order chi connectivity index (χ0) is 32.1. The van der Waals surface area contributed by atoms with Gasteiger partial charge >= 0.3 is 13.8 Å². The molecule has 0 aromatic heterocycles. The summed E-state index contributed by atoms with van der Waals surface area (Å²) < 4.78 is 33.5. The fourth-order valence-electron chi connectivity index (χ4n) is 4.01. The van der Waals surface area contributed by atoms with Gasteiger partial charge in [-0.1, -0.05) is 100 Å². The second-order valence-corrected chi connectivity index (χ2v) is 13.3. The number of ether oxygens (including phenoxy) is 2. The Hall–Kier alpha value is -1.54. The monoisotopic (exact) mass is 628 g/mol. The van der Waals surface area contributed by atoms with Crippen molar-refractivity contribution in [2.75, 3.05) is 54.1 Å².